The van der Waals surface area contributed by atoms with Crippen molar-refractivity contribution in [1.82, 2.24) is 0 Å². The summed E-state index contributed by atoms with van der Waals surface area (Å²) >= 11 is 0. The lowest BCUT2D eigenvalue weighted by Crippen LogP contribution is -2.31. The Kier molecular flexibility index (Phi) is 2.77. The van der Waals surface area contributed by atoms with Crippen LogP contribution in [0.25, 0.3) is 10.8 Å². The fraction of sp³-hybridized carbons (Fsp3) is 0.267. The molecule has 2 aromatic rings. The molecule has 18 heavy (non-hydrogen) atoms. The summed E-state index contributed by atoms with van der Waals surface area (Å²) in [5.41, 5.74) is 1.03. The van der Waals surface area contributed by atoms with Crippen molar-refractivity contribution >= 4 is 16.5 Å². The fourth-order valence-corrected chi connectivity index (χ4v) is 2.35. The number of nitrogens with one attached hydrogen (secondary N) is 1. The predicted octanol–water partition coefficient (Wildman–Crippen LogP) is 3.32. The summed E-state index contributed by atoms with van der Waals surface area (Å²) in [6.07, 6.45) is 1.38. The Hall–Kier alpha value is -2.21. The van der Waals surface area contributed by atoms with Crippen molar-refractivity contribution in [2.24, 2.45) is 0 Å². The van der Waals surface area contributed by atoms with Crippen molar-refractivity contribution in [3.63, 3.8) is 0 Å². The maximum Gasteiger partial charge on any atom is 0.150 e. The summed E-state index contributed by atoms with van der Waals surface area (Å²) in [4.78, 5) is 0. The van der Waals surface area contributed by atoms with E-state index in [1.54, 1.807) is 0 Å². The van der Waals surface area contributed by atoms with E-state index in [1.165, 1.54) is 5.39 Å². The van der Waals surface area contributed by atoms with Crippen LogP contribution in [-0.2, 0) is 0 Å². The highest BCUT2D eigenvalue weighted by molar-refractivity contribution is 5.93. The summed E-state index contributed by atoms with van der Waals surface area (Å²) in [5.74, 6) is 0.932. The molecule has 1 aliphatic rings. The van der Waals surface area contributed by atoms with Gasteiger partial charge in [0.05, 0.1) is 17.8 Å². The minimum Gasteiger partial charge on any atom is -0.489 e. The van der Waals surface area contributed by atoms with E-state index >= 15 is 0 Å². The standard InChI is InChI=1S/C15H14N2O/c16-9-3-5-12-10-18-15-13-6-2-1-4-11(13)7-8-14(15)17-12/h1-2,4,6-8,12,17H,3,5,10H2. The molecule has 0 fully saturated rings. The normalized spacial score (nSPS) is 17.4. The van der Waals surface area contributed by atoms with E-state index in [9.17, 15) is 0 Å². The first-order valence-electron chi connectivity index (χ1n) is 6.16. The van der Waals surface area contributed by atoms with Gasteiger partial charge in [0.1, 0.15) is 12.4 Å². The van der Waals surface area contributed by atoms with Gasteiger partial charge in [0.25, 0.3) is 0 Å². The van der Waals surface area contributed by atoms with Crippen LogP contribution in [0.4, 0.5) is 5.69 Å². The Labute approximate surface area is 106 Å². The van der Waals surface area contributed by atoms with E-state index in [4.69, 9.17) is 10.00 Å². The lowest BCUT2D eigenvalue weighted by atomic mass is 10.1. The van der Waals surface area contributed by atoms with E-state index in [2.05, 4.69) is 35.7 Å². The van der Waals surface area contributed by atoms with Crippen LogP contribution in [0.5, 0.6) is 5.75 Å². The largest absolute Gasteiger partial charge is 0.489 e. The molecule has 3 rings (SSSR count). The first-order valence-corrected chi connectivity index (χ1v) is 6.16. The zero-order valence-electron chi connectivity index (χ0n) is 10.0. The molecular formula is C15H14N2O. The van der Waals surface area contributed by atoms with Gasteiger partial charge in [-0.05, 0) is 17.9 Å². The van der Waals surface area contributed by atoms with Crippen LogP contribution >= 0.6 is 0 Å². The molecule has 0 radical (unpaired) electrons. The van der Waals surface area contributed by atoms with Crippen molar-refractivity contribution < 1.29 is 4.74 Å². The van der Waals surface area contributed by atoms with Crippen molar-refractivity contribution in [2.45, 2.75) is 18.9 Å². The predicted molar refractivity (Wildman–Crippen MR) is 71.7 cm³/mol. The second kappa shape index (κ2) is 4.58. The van der Waals surface area contributed by atoms with Gasteiger partial charge in [0, 0.05) is 11.8 Å². The number of fused-ring (bicyclic) bond motifs is 3. The third-order valence-corrected chi connectivity index (χ3v) is 3.27. The van der Waals surface area contributed by atoms with Crippen LogP contribution in [-0.4, -0.2) is 12.6 Å². The Bertz CT molecular complexity index is 615. The Balaban J connectivity index is 1.94. The number of nitrogens with zero attached hydrogens (tertiary/aromatic N) is 1. The van der Waals surface area contributed by atoms with Crippen molar-refractivity contribution in [2.75, 3.05) is 11.9 Å². The smallest absolute Gasteiger partial charge is 0.150 e. The van der Waals surface area contributed by atoms with Gasteiger partial charge in [-0.15, -0.1) is 0 Å². The van der Waals surface area contributed by atoms with Gasteiger partial charge in [0.2, 0.25) is 0 Å². The molecule has 3 nitrogen and oxygen atoms in total. The Morgan fingerprint density at radius 2 is 2.17 bits per heavy atom. The average Bonchev–Trinajstić information content (AvgIpc) is 2.44. The minimum absolute atomic E-state index is 0.235. The third-order valence-electron chi connectivity index (χ3n) is 3.27. The monoisotopic (exact) mass is 238 g/mol. The number of benzene rings is 2. The van der Waals surface area contributed by atoms with Gasteiger partial charge in [-0.2, -0.15) is 5.26 Å². The third kappa shape index (κ3) is 1.86. The SMILES string of the molecule is N#CCCC1COc2c(ccc3ccccc23)N1. The molecule has 90 valence electrons. The number of nitriles is 1. The van der Waals surface area contributed by atoms with Crippen LogP contribution in [0.1, 0.15) is 12.8 Å². The van der Waals surface area contributed by atoms with E-state index < -0.39 is 0 Å². The van der Waals surface area contributed by atoms with Gasteiger partial charge < -0.3 is 10.1 Å². The van der Waals surface area contributed by atoms with Crippen molar-refractivity contribution in [3.8, 4) is 11.8 Å². The molecule has 0 saturated heterocycles. The van der Waals surface area contributed by atoms with Crippen LogP contribution in [0, 0.1) is 11.3 Å². The summed E-state index contributed by atoms with van der Waals surface area (Å²) in [5, 5.41) is 14.4. The molecule has 3 heteroatoms. The second-order valence-electron chi connectivity index (χ2n) is 4.51. The Morgan fingerprint density at radius 1 is 1.28 bits per heavy atom. The highest BCUT2D eigenvalue weighted by Crippen LogP contribution is 2.36. The lowest BCUT2D eigenvalue weighted by Gasteiger charge is -2.28. The maximum atomic E-state index is 8.61. The highest BCUT2D eigenvalue weighted by atomic mass is 16.5. The molecular weight excluding hydrogens is 224 g/mol. The molecule has 0 spiro atoms. The van der Waals surface area contributed by atoms with Crippen LogP contribution in [0.15, 0.2) is 36.4 Å². The number of anilines is 1. The molecule has 0 saturated carbocycles. The van der Waals surface area contributed by atoms with E-state index in [0.717, 1.165) is 23.2 Å². The lowest BCUT2D eigenvalue weighted by molar-refractivity contribution is 0.282. The topological polar surface area (TPSA) is 45.0 Å². The molecule has 2 aromatic carbocycles. The summed E-state index contributed by atoms with van der Waals surface area (Å²) < 4.78 is 5.87. The molecule has 1 heterocycles. The quantitative estimate of drug-likeness (QED) is 0.873. The van der Waals surface area contributed by atoms with Gasteiger partial charge in [-0.3, -0.25) is 0 Å². The molecule has 0 amide bonds. The summed E-state index contributed by atoms with van der Waals surface area (Å²) in [6.45, 7) is 0.628. The van der Waals surface area contributed by atoms with Crippen LogP contribution in [0.2, 0.25) is 0 Å². The minimum atomic E-state index is 0.235. The van der Waals surface area contributed by atoms with Crippen molar-refractivity contribution in [1.29, 1.82) is 5.26 Å². The van der Waals surface area contributed by atoms with E-state index in [-0.39, 0.29) is 6.04 Å². The Morgan fingerprint density at radius 3 is 3.06 bits per heavy atom. The molecule has 1 atom stereocenters. The molecule has 0 aliphatic carbocycles. The first kappa shape index (κ1) is 10.9. The molecule has 1 N–H and O–H groups in total. The first-order chi connectivity index (χ1) is 8.88. The molecule has 1 unspecified atom stereocenters. The highest BCUT2D eigenvalue weighted by Gasteiger charge is 2.20. The maximum absolute atomic E-state index is 8.61. The zero-order valence-corrected chi connectivity index (χ0v) is 10.0. The number of hydrogen-bond acceptors (Lipinski definition) is 3. The molecule has 1 aliphatic heterocycles. The zero-order chi connectivity index (χ0) is 12.4. The molecule has 0 aromatic heterocycles. The van der Waals surface area contributed by atoms with Crippen LogP contribution < -0.4 is 10.1 Å². The van der Waals surface area contributed by atoms with Crippen LogP contribution in [0.3, 0.4) is 0 Å². The second-order valence-corrected chi connectivity index (χ2v) is 4.51. The summed E-state index contributed by atoms with van der Waals surface area (Å²) in [7, 11) is 0. The van der Waals surface area contributed by atoms with Gasteiger partial charge in [0.15, 0.2) is 0 Å². The summed E-state index contributed by atoms with van der Waals surface area (Å²) in [6, 6.07) is 14.8. The number of hydrogen-bond donors (Lipinski definition) is 1. The van der Waals surface area contributed by atoms with E-state index in [1.807, 2.05) is 12.1 Å². The van der Waals surface area contributed by atoms with Gasteiger partial charge in [-0.1, -0.05) is 30.3 Å². The van der Waals surface area contributed by atoms with Crippen molar-refractivity contribution in [3.05, 3.63) is 36.4 Å². The van der Waals surface area contributed by atoms with Gasteiger partial charge >= 0.3 is 0 Å². The number of rotatable bonds is 2. The van der Waals surface area contributed by atoms with E-state index in [0.29, 0.717) is 13.0 Å². The average molecular weight is 238 g/mol. The molecule has 0 bridgehead atoms. The van der Waals surface area contributed by atoms with Gasteiger partial charge in [-0.25, -0.2) is 0 Å². The fourth-order valence-electron chi connectivity index (χ4n) is 2.35. The number of ether oxygens (including phenoxy) is 1.